The molecule has 0 radical (unpaired) electrons. The number of benzene rings is 1. The van der Waals surface area contributed by atoms with Gasteiger partial charge in [0.25, 0.3) is 5.91 Å². The average molecular weight is 388 g/mol. The van der Waals surface area contributed by atoms with Crippen LogP contribution in [0.3, 0.4) is 0 Å². The molecule has 2 heterocycles. The molecule has 6 nitrogen and oxygen atoms in total. The molecule has 0 atom stereocenters. The predicted molar refractivity (Wildman–Crippen MR) is 106 cm³/mol. The van der Waals surface area contributed by atoms with Gasteiger partial charge in [0.05, 0.1) is 4.88 Å². The molecule has 0 fully saturated rings. The molecule has 1 aliphatic heterocycles. The highest BCUT2D eigenvalue weighted by molar-refractivity contribution is 7.14. The minimum Gasteiger partial charge on any atom is -0.486 e. The zero-order chi connectivity index (χ0) is 19.4. The van der Waals surface area contributed by atoms with Crippen molar-refractivity contribution in [1.82, 2.24) is 4.90 Å². The fourth-order valence-electron chi connectivity index (χ4n) is 2.95. The van der Waals surface area contributed by atoms with Crippen molar-refractivity contribution in [3.05, 3.63) is 39.6 Å². The molecule has 0 saturated heterocycles. The minimum atomic E-state index is -0.245. The van der Waals surface area contributed by atoms with Crippen molar-refractivity contribution < 1.29 is 19.1 Å². The third-order valence-electron chi connectivity index (χ3n) is 4.38. The van der Waals surface area contributed by atoms with E-state index in [1.54, 1.807) is 23.1 Å². The van der Waals surface area contributed by atoms with Crippen LogP contribution in [0.1, 0.15) is 34.0 Å². The Hall–Kier alpha value is -2.54. The van der Waals surface area contributed by atoms with Gasteiger partial charge in [-0.15, -0.1) is 11.3 Å². The lowest BCUT2D eigenvalue weighted by Crippen LogP contribution is -2.37. The molecule has 7 heteroatoms. The number of nitrogens with zero attached hydrogens (tertiary/aromatic N) is 1. The van der Waals surface area contributed by atoms with Gasteiger partial charge in [0, 0.05) is 23.2 Å². The molecule has 2 aromatic rings. The molecule has 0 aliphatic carbocycles. The molecule has 0 unspecified atom stereocenters. The summed E-state index contributed by atoms with van der Waals surface area (Å²) >= 11 is 1.50. The van der Waals surface area contributed by atoms with Crippen LogP contribution < -0.4 is 14.8 Å². The molecule has 0 saturated carbocycles. The molecular formula is C20H24N2O4S. The molecule has 1 aromatic heterocycles. The maximum atomic E-state index is 12.8. The smallest absolute Gasteiger partial charge is 0.264 e. The largest absolute Gasteiger partial charge is 0.486 e. The third kappa shape index (κ3) is 4.42. The Kier molecular flexibility index (Phi) is 6.01. The van der Waals surface area contributed by atoms with Crippen molar-refractivity contribution in [2.45, 2.75) is 27.2 Å². The molecular weight excluding hydrogens is 364 g/mol. The van der Waals surface area contributed by atoms with Gasteiger partial charge in [-0.05, 0) is 44.0 Å². The highest BCUT2D eigenvalue weighted by Gasteiger charge is 2.20. The van der Waals surface area contributed by atoms with Crippen LogP contribution in [0.2, 0.25) is 0 Å². The number of nitrogens with one attached hydrogen (secondary N) is 1. The number of fused-ring (bicyclic) bond motifs is 1. The summed E-state index contributed by atoms with van der Waals surface area (Å²) in [6, 6.07) is 7.18. The van der Waals surface area contributed by atoms with Crippen LogP contribution >= 0.6 is 11.3 Å². The Balaban J connectivity index is 1.65. The van der Waals surface area contributed by atoms with Crippen LogP contribution in [0.5, 0.6) is 11.5 Å². The predicted octanol–water partition coefficient (Wildman–Crippen LogP) is 3.49. The first-order valence-corrected chi connectivity index (χ1v) is 9.91. The Morgan fingerprint density at radius 3 is 2.56 bits per heavy atom. The molecule has 0 bridgehead atoms. The molecule has 1 N–H and O–H groups in total. The van der Waals surface area contributed by atoms with Crippen LogP contribution in [0.15, 0.2) is 24.3 Å². The summed E-state index contributed by atoms with van der Waals surface area (Å²) in [5.41, 5.74) is 1.75. The van der Waals surface area contributed by atoms with E-state index in [0.29, 0.717) is 41.8 Å². The SMILES string of the molecule is CCc1sc(C(=O)N(CC)CC(=O)Nc2ccc3c(c2)OCCO3)cc1C. The van der Waals surface area contributed by atoms with Gasteiger partial charge in [0.1, 0.15) is 19.8 Å². The maximum Gasteiger partial charge on any atom is 0.264 e. The van der Waals surface area contributed by atoms with Crippen molar-refractivity contribution >= 4 is 28.8 Å². The van der Waals surface area contributed by atoms with Gasteiger partial charge < -0.3 is 19.7 Å². The maximum absolute atomic E-state index is 12.8. The Bertz CT molecular complexity index is 847. The van der Waals surface area contributed by atoms with Gasteiger partial charge in [-0.3, -0.25) is 9.59 Å². The Morgan fingerprint density at radius 1 is 1.15 bits per heavy atom. The first kappa shape index (κ1) is 19.2. The second-order valence-electron chi connectivity index (χ2n) is 6.30. The Morgan fingerprint density at radius 2 is 1.89 bits per heavy atom. The number of carbonyl (C=O) groups is 2. The number of likely N-dealkylation sites (N-methyl/N-ethyl adjacent to an activating group) is 1. The molecule has 3 rings (SSSR count). The van der Waals surface area contributed by atoms with Crippen molar-refractivity contribution in [2.75, 3.05) is 31.6 Å². The van der Waals surface area contributed by atoms with Crippen molar-refractivity contribution in [1.29, 1.82) is 0 Å². The van der Waals surface area contributed by atoms with E-state index in [2.05, 4.69) is 12.2 Å². The number of rotatable bonds is 6. The lowest BCUT2D eigenvalue weighted by atomic mass is 10.2. The summed E-state index contributed by atoms with van der Waals surface area (Å²) in [5, 5.41) is 2.83. The summed E-state index contributed by atoms with van der Waals surface area (Å²) in [6.45, 7) is 7.43. The molecule has 144 valence electrons. The van der Waals surface area contributed by atoms with E-state index in [1.807, 2.05) is 19.9 Å². The van der Waals surface area contributed by atoms with Crippen molar-refractivity contribution in [2.24, 2.45) is 0 Å². The van der Waals surface area contributed by atoms with Gasteiger partial charge in [0.15, 0.2) is 11.5 Å². The highest BCUT2D eigenvalue weighted by atomic mass is 32.1. The van der Waals surface area contributed by atoms with Crippen molar-refractivity contribution in [3.8, 4) is 11.5 Å². The zero-order valence-corrected chi connectivity index (χ0v) is 16.6. The quantitative estimate of drug-likeness (QED) is 0.823. The van der Waals surface area contributed by atoms with Crippen LogP contribution in [-0.4, -0.2) is 43.0 Å². The number of amides is 2. The average Bonchev–Trinajstić information content (AvgIpc) is 3.06. The van der Waals surface area contributed by atoms with Gasteiger partial charge in [-0.2, -0.15) is 0 Å². The number of carbonyl (C=O) groups excluding carboxylic acids is 2. The number of anilines is 1. The first-order valence-electron chi connectivity index (χ1n) is 9.09. The fourth-order valence-corrected chi connectivity index (χ4v) is 4.04. The van der Waals surface area contributed by atoms with E-state index in [4.69, 9.17) is 9.47 Å². The third-order valence-corrected chi connectivity index (χ3v) is 5.75. The van der Waals surface area contributed by atoms with E-state index in [9.17, 15) is 9.59 Å². The number of hydrogen-bond donors (Lipinski definition) is 1. The summed E-state index contributed by atoms with van der Waals surface area (Å²) in [5.74, 6) is 0.932. The second kappa shape index (κ2) is 8.43. The second-order valence-corrected chi connectivity index (χ2v) is 7.43. The lowest BCUT2D eigenvalue weighted by Gasteiger charge is -2.21. The van der Waals surface area contributed by atoms with E-state index < -0.39 is 0 Å². The molecule has 2 amide bonds. The molecule has 1 aliphatic rings. The van der Waals surface area contributed by atoms with Gasteiger partial charge in [-0.1, -0.05) is 6.92 Å². The fraction of sp³-hybridized carbons (Fsp3) is 0.400. The number of hydrogen-bond acceptors (Lipinski definition) is 5. The number of aryl methyl sites for hydroxylation is 2. The normalized spacial score (nSPS) is 12.6. The van der Waals surface area contributed by atoms with Crippen LogP contribution in [-0.2, 0) is 11.2 Å². The Labute approximate surface area is 163 Å². The van der Waals surface area contributed by atoms with Gasteiger partial charge in [0.2, 0.25) is 5.91 Å². The summed E-state index contributed by atoms with van der Waals surface area (Å²) in [4.78, 5) is 28.6. The highest BCUT2D eigenvalue weighted by Crippen LogP contribution is 2.32. The first-order chi connectivity index (χ1) is 13.0. The molecule has 27 heavy (non-hydrogen) atoms. The molecule has 0 spiro atoms. The number of thiophene rings is 1. The topological polar surface area (TPSA) is 67.9 Å². The standard InChI is InChI=1S/C20H24N2O4S/c1-4-17-13(3)10-18(27-17)20(24)22(5-2)12-19(23)21-14-6-7-15-16(11-14)26-9-8-25-15/h6-7,10-11H,4-5,8-9,12H2,1-3H3,(H,21,23). The van der Waals surface area contributed by atoms with Crippen LogP contribution in [0.4, 0.5) is 5.69 Å². The van der Waals surface area contributed by atoms with E-state index in [0.717, 1.165) is 12.0 Å². The van der Waals surface area contributed by atoms with E-state index >= 15 is 0 Å². The van der Waals surface area contributed by atoms with Gasteiger partial charge >= 0.3 is 0 Å². The lowest BCUT2D eigenvalue weighted by molar-refractivity contribution is -0.116. The summed E-state index contributed by atoms with van der Waals surface area (Å²) in [6.07, 6.45) is 0.903. The molecule has 1 aromatic carbocycles. The minimum absolute atomic E-state index is 0.00216. The summed E-state index contributed by atoms with van der Waals surface area (Å²) in [7, 11) is 0. The van der Waals surface area contributed by atoms with Crippen LogP contribution in [0, 0.1) is 6.92 Å². The van der Waals surface area contributed by atoms with E-state index in [-0.39, 0.29) is 18.4 Å². The monoisotopic (exact) mass is 388 g/mol. The van der Waals surface area contributed by atoms with Crippen LogP contribution in [0.25, 0.3) is 0 Å². The van der Waals surface area contributed by atoms with Crippen molar-refractivity contribution in [3.63, 3.8) is 0 Å². The van der Waals surface area contributed by atoms with Gasteiger partial charge in [-0.25, -0.2) is 0 Å². The zero-order valence-electron chi connectivity index (χ0n) is 15.8. The summed E-state index contributed by atoms with van der Waals surface area (Å²) < 4.78 is 11.0. The number of ether oxygens (including phenoxy) is 2. The van der Waals surface area contributed by atoms with E-state index in [1.165, 1.54) is 16.2 Å².